The summed E-state index contributed by atoms with van der Waals surface area (Å²) in [4.78, 5) is 11.2. The van der Waals surface area contributed by atoms with Gasteiger partial charge in [0.2, 0.25) is 0 Å². The standard InChI is InChI=1S/C16H22N4O2S3/c1-11-19-14(9-23-11)15-4-3-13(24-15)5-7-18-16(17-2)20-12-6-8-25(21,22)10-12/h3-4,9,12H,5-8,10H2,1-2H3,(H2,17,18,20). The molecule has 0 aliphatic carbocycles. The minimum absolute atomic E-state index is 0.0440. The van der Waals surface area contributed by atoms with Crippen LogP contribution in [0.3, 0.4) is 0 Å². The summed E-state index contributed by atoms with van der Waals surface area (Å²) in [5, 5.41) is 9.63. The molecule has 2 aromatic heterocycles. The summed E-state index contributed by atoms with van der Waals surface area (Å²) < 4.78 is 23.1. The van der Waals surface area contributed by atoms with E-state index in [2.05, 4.69) is 38.1 Å². The van der Waals surface area contributed by atoms with E-state index < -0.39 is 9.84 Å². The fourth-order valence-corrected chi connectivity index (χ4v) is 6.06. The van der Waals surface area contributed by atoms with Gasteiger partial charge in [0.25, 0.3) is 0 Å². The number of aryl methyl sites for hydroxylation is 1. The number of aromatic nitrogens is 1. The van der Waals surface area contributed by atoms with Crippen molar-refractivity contribution in [1.29, 1.82) is 0 Å². The topological polar surface area (TPSA) is 83.4 Å². The number of thiazole rings is 1. The van der Waals surface area contributed by atoms with E-state index in [4.69, 9.17) is 0 Å². The Hall–Kier alpha value is -1.45. The molecule has 0 aromatic carbocycles. The SMILES string of the molecule is CN=C(NCCc1ccc(-c2csc(C)n2)s1)NC1CCS(=O)(=O)C1. The van der Waals surface area contributed by atoms with Gasteiger partial charge in [0.1, 0.15) is 0 Å². The monoisotopic (exact) mass is 398 g/mol. The molecule has 0 radical (unpaired) electrons. The van der Waals surface area contributed by atoms with Crippen molar-refractivity contribution in [1.82, 2.24) is 15.6 Å². The average Bonchev–Trinajstić information content (AvgIpc) is 3.27. The minimum Gasteiger partial charge on any atom is -0.356 e. The largest absolute Gasteiger partial charge is 0.356 e. The van der Waals surface area contributed by atoms with Gasteiger partial charge in [-0.25, -0.2) is 13.4 Å². The van der Waals surface area contributed by atoms with Gasteiger partial charge in [-0.1, -0.05) is 0 Å². The van der Waals surface area contributed by atoms with E-state index in [9.17, 15) is 8.42 Å². The number of nitrogens with one attached hydrogen (secondary N) is 2. The van der Waals surface area contributed by atoms with E-state index >= 15 is 0 Å². The van der Waals surface area contributed by atoms with E-state index in [1.807, 2.05) is 6.92 Å². The zero-order valence-corrected chi connectivity index (χ0v) is 16.7. The Labute approximate surface area is 156 Å². The maximum Gasteiger partial charge on any atom is 0.191 e. The summed E-state index contributed by atoms with van der Waals surface area (Å²) in [6.45, 7) is 2.76. The van der Waals surface area contributed by atoms with Crippen molar-refractivity contribution in [2.45, 2.75) is 25.8 Å². The molecule has 3 heterocycles. The zero-order valence-electron chi connectivity index (χ0n) is 14.3. The van der Waals surface area contributed by atoms with Crippen LogP contribution in [-0.2, 0) is 16.3 Å². The van der Waals surface area contributed by atoms with Crippen molar-refractivity contribution in [2.75, 3.05) is 25.1 Å². The van der Waals surface area contributed by atoms with Gasteiger partial charge in [-0.2, -0.15) is 0 Å². The van der Waals surface area contributed by atoms with E-state index in [0.717, 1.165) is 23.7 Å². The Balaban J connectivity index is 1.48. The predicted molar refractivity (Wildman–Crippen MR) is 105 cm³/mol. The smallest absolute Gasteiger partial charge is 0.191 e. The molecule has 1 saturated heterocycles. The fraction of sp³-hybridized carbons (Fsp3) is 0.500. The molecule has 3 rings (SSSR count). The third-order valence-electron chi connectivity index (χ3n) is 3.99. The summed E-state index contributed by atoms with van der Waals surface area (Å²) in [5.74, 6) is 1.11. The number of hydrogen-bond donors (Lipinski definition) is 2. The fourth-order valence-electron chi connectivity index (χ4n) is 2.73. The lowest BCUT2D eigenvalue weighted by atomic mass is 10.3. The van der Waals surface area contributed by atoms with Crippen LogP contribution in [0.2, 0.25) is 0 Å². The van der Waals surface area contributed by atoms with Crippen molar-refractivity contribution >= 4 is 38.5 Å². The lowest BCUT2D eigenvalue weighted by Gasteiger charge is -2.15. The molecule has 0 spiro atoms. The van der Waals surface area contributed by atoms with Crippen LogP contribution in [-0.4, -0.2) is 50.5 Å². The number of sulfone groups is 1. The van der Waals surface area contributed by atoms with Crippen LogP contribution in [0.25, 0.3) is 10.6 Å². The molecule has 0 saturated carbocycles. The van der Waals surface area contributed by atoms with Crippen LogP contribution in [0, 0.1) is 6.92 Å². The second kappa shape index (κ2) is 7.84. The van der Waals surface area contributed by atoms with Gasteiger partial charge in [0, 0.05) is 29.9 Å². The highest BCUT2D eigenvalue weighted by Crippen LogP contribution is 2.29. The van der Waals surface area contributed by atoms with Crippen LogP contribution < -0.4 is 10.6 Å². The molecule has 2 N–H and O–H groups in total. The molecular formula is C16H22N4O2S3. The highest BCUT2D eigenvalue weighted by Gasteiger charge is 2.28. The third kappa shape index (κ3) is 5.02. The first-order valence-corrected chi connectivity index (χ1v) is 11.7. The number of thiophene rings is 1. The molecule has 1 atom stereocenters. The highest BCUT2D eigenvalue weighted by molar-refractivity contribution is 7.91. The second-order valence-electron chi connectivity index (χ2n) is 6.01. The van der Waals surface area contributed by atoms with Crippen LogP contribution in [0.4, 0.5) is 0 Å². The van der Waals surface area contributed by atoms with E-state index in [0.29, 0.717) is 12.4 Å². The van der Waals surface area contributed by atoms with Crippen molar-refractivity contribution in [2.24, 2.45) is 4.99 Å². The molecule has 2 aromatic rings. The van der Waals surface area contributed by atoms with Gasteiger partial charge in [-0.3, -0.25) is 4.99 Å². The first-order chi connectivity index (χ1) is 11.9. The summed E-state index contributed by atoms with van der Waals surface area (Å²) >= 11 is 3.42. The maximum atomic E-state index is 11.5. The van der Waals surface area contributed by atoms with Gasteiger partial charge < -0.3 is 10.6 Å². The molecule has 9 heteroatoms. The lowest BCUT2D eigenvalue weighted by molar-refractivity contribution is 0.599. The molecule has 1 unspecified atom stereocenters. The molecule has 25 heavy (non-hydrogen) atoms. The summed E-state index contributed by atoms with van der Waals surface area (Å²) in [6.07, 6.45) is 1.53. The molecule has 1 fully saturated rings. The van der Waals surface area contributed by atoms with Gasteiger partial charge in [-0.15, -0.1) is 22.7 Å². The summed E-state index contributed by atoms with van der Waals surface area (Å²) in [6, 6.07) is 4.21. The first-order valence-electron chi connectivity index (χ1n) is 8.14. The summed E-state index contributed by atoms with van der Waals surface area (Å²) in [5.41, 5.74) is 1.05. The molecular weight excluding hydrogens is 376 g/mol. The number of aliphatic imine (C=N–C) groups is 1. The summed E-state index contributed by atoms with van der Waals surface area (Å²) in [7, 11) is -1.18. The van der Waals surface area contributed by atoms with Crippen LogP contribution >= 0.6 is 22.7 Å². The van der Waals surface area contributed by atoms with Crippen molar-refractivity contribution in [3.05, 3.63) is 27.4 Å². The van der Waals surface area contributed by atoms with E-state index in [-0.39, 0.29) is 17.5 Å². The number of guanidine groups is 1. The highest BCUT2D eigenvalue weighted by atomic mass is 32.2. The number of rotatable bonds is 5. The van der Waals surface area contributed by atoms with Crippen LogP contribution in [0.15, 0.2) is 22.5 Å². The molecule has 6 nitrogen and oxygen atoms in total. The molecule has 136 valence electrons. The maximum absolute atomic E-state index is 11.5. The second-order valence-corrected chi connectivity index (χ2v) is 10.5. The Kier molecular flexibility index (Phi) is 5.75. The Bertz CT molecular complexity index is 854. The van der Waals surface area contributed by atoms with Crippen molar-refractivity contribution < 1.29 is 8.42 Å². The normalized spacial score (nSPS) is 19.9. The van der Waals surface area contributed by atoms with Gasteiger partial charge in [-0.05, 0) is 31.9 Å². The first kappa shape index (κ1) is 18.3. The average molecular weight is 399 g/mol. The van der Waals surface area contributed by atoms with Crippen molar-refractivity contribution in [3.63, 3.8) is 0 Å². The van der Waals surface area contributed by atoms with Gasteiger partial charge in [0.15, 0.2) is 15.8 Å². The quantitative estimate of drug-likeness (QED) is 0.595. The van der Waals surface area contributed by atoms with Crippen LogP contribution in [0.1, 0.15) is 16.3 Å². The predicted octanol–water partition coefficient (Wildman–Crippen LogP) is 2.07. The van der Waals surface area contributed by atoms with Gasteiger partial charge in [0.05, 0.1) is 27.1 Å². The minimum atomic E-state index is -2.88. The zero-order chi connectivity index (χ0) is 17.9. The molecule has 0 bridgehead atoms. The Morgan fingerprint density at radius 2 is 2.28 bits per heavy atom. The number of hydrogen-bond acceptors (Lipinski definition) is 6. The third-order valence-corrected chi connectivity index (χ3v) is 7.70. The molecule has 1 aliphatic rings. The lowest BCUT2D eigenvalue weighted by Crippen LogP contribution is -2.44. The van der Waals surface area contributed by atoms with Gasteiger partial charge >= 0.3 is 0 Å². The molecule has 0 amide bonds. The van der Waals surface area contributed by atoms with Crippen molar-refractivity contribution in [3.8, 4) is 10.6 Å². The molecule has 1 aliphatic heterocycles. The van der Waals surface area contributed by atoms with E-state index in [1.165, 1.54) is 9.75 Å². The Morgan fingerprint density at radius 3 is 2.92 bits per heavy atom. The number of nitrogens with zero attached hydrogens (tertiary/aromatic N) is 2. The van der Waals surface area contributed by atoms with E-state index in [1.54, 1.807) is 29.7 Å². The van der Waals surface area contributed by atoms with Crippen LogP contribution in [0.5, 0.6) is 0 Å². The Morgan fingerprint density at radius 1 is 1.44 bits per heavy atom.